The number of ether oxygens (including phenoxy) is 2. The molecule has 0 aliphatic heterocycles. The minimum absolute atomic E-state index is 0.0397. The monoisotopic (exact) mass is 474 g/mol. The van der Waals surface area contributed by atoms with E-state index in [-0.39, 0.29) is 27.1 Å². The minimum Gasteiger partial charge on any atom is -0.465 e. The molecule has 0 saturated carbocycles. The van der Waals surface area contributed by atoms with Gasteiger partial charge >= 0.3 is 11.9 Å². The van der Waals surface area contributed by atoms with Crippen molar-refractivity contribution in [1.82, 2.24) is 14.8 Å². The molecular weight excluding hydrogens is 452 g/mol. The lowest BCUT2D eigenvalue weighted by molar-refractivity contribution is -0.113. The number of methoxy groups -OCH3 is 2. The van der Waals surface area contributed by atoms with Gasteiger partial charge in [-0.1, -0.05) is 42.1 Å². The van der Waals surface area contributed by atoms with E-state index in [1.165, 1.54) is 26.0 Å². The summed E-state index contributed by atoms with van der Waals surface area (Å²) in [7, 11) is 2.49. The van der Waals surface area contributed by atoms with Crippen molar-refractivity contribution < 1.29 is 23.9 Å². The maximum atomic E-state index is 12.6. The molecule has 3 rings (SSSR count). The Balaban J connectivity index is 1.77. The van der Waals surface area contributed by atoms with Gasteiger partial charge in [0.25, 0.3) is 0 Å². The molecule has 0 spiro atoms. The number of carbonyl (C=O) groups is 3. The van der Waals surface area contributed by atoms with Crippen LogP contribution in [0.5, 0.6) is 0 Å². The van der Waals surface area contributed by atoms with Crippen LogP contribution in [-0.2, 0) is 20.8 Å². The molecule has 9 nitrogen and oxygen atoms in total. The number of hydrogen-bond acceptors (Lipinski definition) is 9. The molecule has 0 unspecified atom stereocenters. The molecule has 0 aliphatic carbocycles. The number of carbonyl (C=O) groups excluding carboxylic acids is 3. The van der Waals surface area contributed by atoms with Crippen molar-refractivity contribution in [3.63, 3.8) is 0 Å². The van der Waals surface area contributed by atoms with Gasteiger partial charge in [-0.2, -0.15) is 0 Å². The first-order chi connectivity index (χ1) is 15.4. The first kappa shape index (κ1) is 23.5. The summed E-state index contributed by atoms with van der Waals surface area (Å²) in [5.41, 5.74) is 1.47. The van der Waals surface area contributed by atoms with Crippen LogP contribution in [0, 0.1) is 6.92 Å². The molecule has 1 aromatic carbocycles. The van der Waals surface area contributed by atoms with Crippen LogP contribution in [0.4, 0.5) is 5.00 Å². The van der Waals surface area contributed by atoms with Crippen molar-refractivity contribution in [3.05, 3.63) is 46.3 Å². The molecule has 0 atom stereocenters. The van der Waals surface area contributed by atoms with Gasteiger partial charge in [0.15, 0.2) is 11.0 Å². The van der Waals surface area contributed by atoms with Crippen molar-refractivity contribution >= 4 is 45.9 Å². The average molecular weight is 475 g/mol. The van der Waals surface area contributed by atoms with Gasteiger partial charge in [-0.15, -0.1) is 21.5 Å². The quantitative estimate of drug-likeness (QED) is 0.389. The lowest BCUT2D eigenvalue weighted by Crippen LogP contribution is -2.16. The predicted octanol–water partition coefficient (Wildman–Crippen LogP) is 3.64. The van der Waals surface area contributed by atoms with Crippen molar-refractivity contribution in [1.29, 1.82) is 0 Å². The molecule has 0 fully saturated rings. The normalized spacial score (nSPS) is 10.6. The molecule has 1 amide bonds. The Kier molecular flexibility index (Phi) is 7.65. The van der Waals surface area contributed by atoms with Crippen LogP contribution in [0.1, 0.15) is 32.5 Å². The summed E-state index contributed by atoms with van der Waals surface area (Å²) in [6, 6.07) is 9.67. The van der Waals surface area contributed by atoms with Crippen LogP contribution >= 0.6 is 23.1 Å². The van der Waals surface area contributed by atoms with Gasteiger partial charge in [-0.05, 0) is 19.4 Å². The van der Waals surface area contributed by atoms with E-state index in [9.17, 15) is 14.4 Å². The molecule has 0 aliphatic rings. The number of amides is 1. The number of rotatable bonds is 8. The maximum Gasteiger partial charge on any atom is 0.348 e. The zero-order chi connectivity index (χ0) is 23.3. The van der Waals surface area contributed by atoms with Gasteiger partial charge in [-0.25, -0.2) is 9.59 Å². The molecule has 0 saturated heterocycles. The number of nitrogens with one attached hydrogen (secondary N) is 1. The Morgan fingerprint density at radius 1 is 1.09 bits per heavy atom. The number of nitrogens with zero attached hydrogens (tertiary/aromatic N) is 3. The van der Waals surface area contributed by atoms with E-state index in [1.54, 1.807) is 6.92 Å². The van der Waals surface area contributed by atoms with Gasteiger partial charge in [0, 0.05) is 12.1 Å². The summed E-state index contributed by atoms with van der Waals surface area (Å²) < 4.78 is 11.5. The molecule has 2 heterocycles. The maximum absolute atomic E-state index is 12.6. The highest BCUT2D eigenvalue weighted by Crippen LogP contribution is 2.34. The van der Waals surface area contributed by atoms with Crippen LogP contribution in [0.2, 0.25) is 0 Å². The number of anilines is 1. The second-order valence-electron chi connectivity index (χ2n) is 6.50. The number of thiophene rings is 1. The Morgan fingerprint density at radius 2 is 1.78 bits per heavy atom. The highest BCUT2D eigenvalue weighted by Gasteiger charge is 2.27. The molecular formula is C21H22N4O5S2. The van der Waals surface area contributed by atoms with Gasteiger partial charge in [0.1, 0.15) is 9.88 Å². The second-order valence-corrected chi connectivity index (χ2v) is 8.46. The standard InChI is InChI=1S/C21H22N4O5S2/c1-5-25-17(13-9-7-6-8-10-13)23-24-21(25)31-11-14(26)22-18-15(19(27)29-3)12(2)16(32-18)20(28)30-4/h6-10H,5,11H2,1-4H3,(H,22,26). The second kappa shape index (κ2) is 10.4. The molecule has 0 bridgehead atoms. The first-order valence-electron chi connectivity index (χ1n) is 9.62. The predicted molar refractivity (Wildman–Crippen MR) is 122 cm³/mol. The zero-order valence-corrected chi connectivity index (χ0v) is 19.6. The highest BCUT2D eigenvalue weighted by atomic mass is 32.2. The largest absolute Gasteiger partial charge is 0.465 e. The summed E-state index contributed by atoms with van der Waals surface area (Å²) in [6.45, 7) is 4.22. The lowest BCUT2D eigenvalue weighted by Gasteiger charge is -2.08. The van der Waals surface area contributed by atoms with Gasteiger partial charge in [0.05, 0.1) is 25.5 Å². The third-order valence-electron chi connectivity index (χ3n) is 4.56. The summed E-state index contributed by atoms with van der Waals surface area (Å²) in [6.07, 6.45) is 0. The fourth-order valence-electron chi connectivity index (χ4n) is 3.01. The van der Waals surface area contributed by atoms with Crippen LogP contribution in [0.3, 0.4) is 0 Å². The van der Waals surface area contributed by atoms with E-state index in [4.69, 9.17) is 9.47 Å². The van der Waals surface area contributed by atoms with Crippen LogP contribution in [-0.4, -0.2) is 52.6 Å². The topological polar surface area (TPSA) is 112 Å². The highest BCUT2D eigenvalue weighted by molar-refractivity contribution is 7.99. The molecule has 2 aromatic heterocycles. The van der Waals surface area contributed by atoms with Crippen LogP contribution < -0.4 is 5.32 Å². The molecule has 168 valence electrons. The Labute approximate surface area is 193 Å². The fraction of sp³-hybridized carbons (Fsp3) is 0.286. The molecule has 11 heteroatoms. The van der Waals surface area contributed by atoms with Crippen LogP contribution in [0.25, 0.3) is 11.4 Å². The third-order valence-corrected chi connectivity index (χ3v) is 6.71. The zero-order valence-electron chi connectivity index (χ0n) is 18.0. The van der Waals surface area contributed by atoms with Gasteiger partial charge in [-0.3, -0.25) is 4.79 Å². The number of benzene rings is 1. The summed E-state index contributed by atoms with van der Waals surface area (Å²) in [5, 5.41) is 12.0. The number of esters is 2. The van der Waals surface area contributed by atoms with E-state index in [1.807, 2.05) is 41.8 Å². The van der Waals surface area contributed by atoms with E-state index in [0.29, 0.717) is 17.3 Å². The van der Waals surface area contributed by atoms with E-state index >= 15 is 0 Å². The summed E-state index contributed by atoms with van der Waals surface area (Å²) in [5.74, 6) is -0.824. The van der Waals surface area contributed by atoms with Gasteiger partial charge < -0.3 is 19.4 Å². The molecule has 1 N–H and O–H groups in total. The Bertz CT molecular complexity index is 1140. The van der Waals surface area contributed by atoms with E-state index in [2.05, 4.69) is 15.5 Å². The fourth-order valence-corrected chi connectivity index (χ4v) is 4.94. The average Bonchev–Trinajstić information content (AvgIpc) is 3.37. The van der Waals surface area contributed by atoms with E-state index in [0.717, 1.165) is 22.7 Å². The first-order valence-corrected chi connectivity index (χ1v) is 11.4. The van der Waals surface area contributed by atoms with Gasteiger partial charge in [0.2, 0.25) is 5.91 Å². The molecule has 3 aromatic rings. The molecule has 0 radical (unpaired) electrons. The van der Waals surface area contributed by atoms with Crippen molar-refractivity contribution in [2.75, 3.05) is 25.3 Å². The lowest BCUT2D eigenvalue weighted by atomic mass is 10.1. The summed E-state index contributed by atoms with van der Waals surface area (Å²) in [4.78, 5) is 37.1. The van der Waals surface area contributed by atoms with E-state index < -0.39 is 11.9 Å². The SMILES string of the molecule is CCn1c(SCC(=O)Nc2sc(C(=O)OC)c(C)c2C(=O)OC)nnc1-c1ccccc1. The minimum atomic E-state index is -0.643. The smallest absolute Gasteiger partial charge is 0.348 e. The van der Waals surface area contributed by atoms with Crippen molar-refractivity contribution in [2.24, 2.45) is 0 Å². The number of aromatic nitrogens is 3. The number of thioether (sulfide) groups is 1. The number of hydrogen-bond donors (Lipinski definition) is 1. The van der Waals surface area contributed by atoms with Crippen molar-refractivity contribution in [2.45, 2.75) is 25.5 Å². The Hall–Kier alpha value is -3.18. The van der Waals surface area contributed by atoms with Crippen LogP contribution in [0.15, 0.2) is 35.5 Å². The third kappa shape index (κ3) is 4.83. The van der Waals surface area contributed by atoms with Crippen molar-refractivity contribution in [3.8, 4) is 11.4 Å². The Morgan fingerprint density at radius 3 is 2.41 bits per heavy atom. The molecule has 32 heavy (non-hydrogen) atoms. The summed E-state index contributed by atoms with van der Waals surface area (Å²) >= 11 is 2.20.